The van der Waals surface area contributed by atoms with Gasteiger partial charge in [-0.1, -0.05) is 0 Å². The molecule has 1 unspecified atom stereocenters. The van der Waals surface area contributed by atoms with Crippen LogP contribution in [0, 0.1) is 12.3 Å². The van der Waals surface area contributed by atoms with E-state index in [1.165, 1.54) is 0 Å². The molecule has 9 nitrogen and oxygen atoms in total. The molecular formula is C20H24N6O3. The van der Waals surface area contributed by atoms with Gasteiger partial charge in [0.2, 0.25) is 5.95 Å². The number of benzene rings is 1. The van der Waals surface area contributed by atoms with Gasteiger partial charge in [0.15, 0.2) is 0 Å². The van der Waals surface area contributed by atoms with Crippen molar-refractivity contribution in [2.24, 2.45) is 11.1 Å². The van der Waals surface area contributed by atoms with Crippen molar-refractivity contribution in [1.82, 2.24) is 19.3 Å². The molecule has 1 spiro atoms. The summed E-state index contributed by atoms with van der Waals surface area (Å²) < 4.78 is 9.78. The Kier molecular flexibility index (Phi) is 3.94. The van der Waals surface area contributed by atoms with Gasteiger partial charge in [0.05, 0.1) is 17.8 Å². The van der Waals surface area contributed by atoms with Crippen LogP contribution in [0.5, 0.6) is 5.75 Å². The largest absolute Gasteiger partial charge is 0.491 e. The summed E-state index contributed by atoms with van der Waals surface area (Å²) in [7, 11) is 0. The molecule has 1 aromatic carbocycles. The lowest BCUT2D eigenvalue weighted by Crippen LogP contribution is -2.22. The van der Waals surface area contributed by atoms with E-state index in [4.69, 9.17) is 10.5 Å². The van der Waals surface area contributed by atoms with E-state index < -0.39 is 6.23 Å². The van der Waals surface area contributed by atoms with E-state index in [0.29, 0.717) is 41.6 Å². The van der Waals surface area contributed by atoms with Crippen molar-refractivity contribution in [1.29, 1.82) is 0 Å². The predicted octanol–water partition coefficient (Wildman–Crippen LogP) is 1.94. The fraction of sp³-hybridized carbons (Fsp3) is 0.450. The zero-order valence-electron chi connectivity index (χ0n) is 16.5. The third-order valence-electron chi connectivity index (χ3n) is 5.81. The monoisotopic (exact) mass is 396 g/mol. The Morgan fingerprint density at radius 2 is 2.21 bits per heavy atom. The number of hydrogen-bond donors (Lipinski definition) is 3. The molecule has 5 rings (SSSR count). The molecule has 1 aliphatic carbocycles. The lowest BCUT2D eigenvalue weighted by Gasteiger charge is -2.14. The molecule has 0 bridgehead atoms. The van der Waals surface area contributed by atoms with Gasteiger partial charge in [0, 0.05) is 24.1 Å². The van der Waals surface area contributed by atoms with Crippen LogP contribution in [-0.4, -0.2) is 37.0 Å². The molecule has 29 heavy (non-hydrogen) atoms. The second-order valence-electron chi connectivity index (χ2n) is 8.08. The van der Waals surface area contributed by atoms with E-state index in [2.05, 4.69) is 15.4 Å². The Bertz CT molecular complexity index is 1130. The molecule has 1 aliphatic heterocycles. The summed E-state index contributed by atoms with van der Waals surface area (Å²) in [6, 6.07) is 5.27. The number of ether oxygens (including phenoxy) is 1. The zero-order chi connectivity index (χ0) is 20.3. The predicted molar refractivity (Wildman–Crippen MR) is 107 cm³/mol. The maximum Gasteiger partial charge on any atom is 0.276 e. The molecule has 9 heteroatoms. The third kappa shape index (κ3) is 2.97. The van der Waals surface area contributed by atoms with Gasteiger partial charge < -0.3 is 20.1 Å². The maximum atomic E-state index is 13.0. The Morgan fingerprint density at radius 1 is 1.41 bits per heavy atom. The average molecular weight is 396 g/mol. The second-order valence-corrected chi connectivity index (χ2v) is 8.08. The van der Waals surface area contributed by atoms with Gasteiger partial charge in [-0.15, -0.1) is 0 Å². The molecule has 0 saturated heterocycles. The van der Waals surface area contributed by atoms with Crippen molar-refractivity contribution in [3.05, 3.63) is 35.2 Å². The summed E-state index contributed by atoms with van der Waals surface area (Å²) in [5.74, 6) is 0.844. The number of anilines is 1. The molecule has 2 aromatic heterocycles. The second kappa shape index (κ2) is 6.30. The van der Waals surface area contributed by atoms with Gasteiger partial charge in [-0.3, -0.25) is 14.8 Å². The number of amides is 1. The van der Waals surface area contributed by atoms with Crippen LogP contribution in [-0.2, 0) is 13.1 Å². The van der Waals surface area contributed by atoms with E-state index in [1.54, 1.807) is 22.9 Å². The number of aliphatic hydroxyl groups is 1. The van der Waals surface area contributed by atoms with E-state index in [0.717, 1.165) is 30.6 Å². The van der Waals surface area contributed by atoms with E-state index in [1.807, 2.05) is 18.4 Å². The molecule has 152 valence electrons. The van der Waals surface area contributed by atoms with Crippen LogP contribution < -0.4 is 15.8 Å². The number of aryl methyl sites for hydroxylation is 2. The summed E-state index contributed by atoms with van der Waals surface area (Å²) in [5, 5.41) is 17.2. The highest BCUT2D eigenvalue weighted by Crippen LogP contribution is 2.51. The van der Waals surface area contributed by atoms with E-state index >= 15 is 0 Å². The highest BCUT2D eigenvalue weighted by Gasteiger charge is 2.46. The number of nitrogens with one attached hydrogen (secondary N) is 1. The Labute approximate surface area is 167 Å². The average Bonchev–Trinajstić information content (AvgIpc) is 3.28. The topological polar surface area (TPSA) is 120 Å². The normalized spacial score (nSPS) is 17.8. The van der Waals surface area contributed by atoms with Crippen molar-refractivity contribution >= 4 is 22.9 Å². The maximum absolute atomic E-state index is 13.0. The SMILES string of the molecule is CCn1nc(C)cc1C(=O)Nc1nc2cc(C(N)O)cc3c2n1CC1(CC1)CO3. The standard InChI is InChI=1S/C20H24N6O3/c1-3-26-14(6-11(2)24-26)18(28)23-19-22-13-7-12(17(21)27)8-15-16(13)25(19)9-20(4-5-20)10-29-15/h6-8,17,27H,3-5,9-10,21H2,1-2H3,(H,22,23,28). The third-order valence-corrected chi connectivity index (χ3v) is 5.81. The van der Waals surface area contributed by atoms with Crippen molar-refractivity contribution in [2.45, 2.75) is 46.0 Å². The summed E-state index contributed by atoms with van der Waals surface area (Å²) in [6.45, 7) is 5.74. The van der Waals surface area contributed by atoms with Crippen LogP contribution in [0.15, 0.2) is 18.2 Å². The molecule has 3 aromatic rings. The minimum atomic E-state index is -1.12. The number of rotatable bonds is 4. The quantitative estimate of drug-likeness (QED) is 0.580. The van der Waals surface area contributed by atoms with Gasteiger partial charge in [-0.05, 0) is 44.9 Å². The van der Waals surface area contributed by atoms with Crippen molar-refractivity contribution in [3.8, 4) is 5.75 Å². The number of carbonyl (C=O) groups excluding carboxylic acids is 1. The molecule has 0 radical (unpaired) electrons. The number of aromatic nitrogens is 4. The fourth-order valence-electron chi connectivity index (χ4n) is 4.01. The van der Waals surface area contributed by atoms with Crippen LogP contribution in [0.25, 0.3) is 11.0 Å². The molecule has 1 fully saturated rings. The van der Waals surface area contributed by atoms with Gasteiger partial charge >= 0.3 is 0 Å². The first-order chi connectivity index (χ1) is 13.9. The van der Waals surface area contributed by atoms with Crippen LogP contribution in [0.3, 0.4) is 0 Å². The summed E-state index contributed by atoms with van der Waals surface area (Å²) in [4.78, 5) is 17.6. The minimum Gasteiger partial charge on any atom is -0.491 e. The van der Waals surface area contributed by atoms with Crippen LogP contribution in [0.2, 0.25) is 0 Å². The smallest absolute Gasteiger partial charge is 0.276 e. The number of nitrogens with two attached hydrogens (primary N) is 1. The van der Waals surface area contributed by atoms with Gasteiger partial charge in [-0.25, -0.2) is 4.98 Å². The lowest BCUT2D eigenvalue weighted by molar-refractivity contribution is 0.101. The highest BCUT2D eigenvalue weighted by atomic mass is 16.5. The number of hydrogen-bond acceptors (Lipinski definition) is 6. The summed E-state index contributed by atoms with van der Waals surface area (Å²) >= 11 is 0. The first-order valence-electron chi connectivity index (χ1n) is 9.85. The van der Waals surface area contributed by atoms with Crippen LogP contribution in [0.1, 0.15) is 47.7 Å². The summed E-state index contributed by atoms with van der Waals surface area (Å²) in [6.07, 6.45) is 1.02. The van der Waals surface area contributed by atoms with Gasteiger partial charge in [0.1, 0.15) is 23.2 Å². The van der Waals surface area contributed by atoms with Crippen LogP contribution >= 0.6 is 0 Å². The van der Waals surface area contributed by atoms with Crippen LogP contribution in [0.4, 0.5) is 5.95 Å². The molecule has 4 N–H and O–H groups in total. The molecule has 1 saturated carbocycles. The number of nitrogens with zero attached hydrogens (tertiary/aromatic N) is 4. The Hall–Kier alpha value is -2.91. The van der Waals surface area contributed by atoms with Crippen molar-refractivity contribution in [3.63, 3.8) is 0 Å². The molecular weight excluding hydrogens is 372 g/mol. The number of aliphatic hydroxyl groups excluding tert-OH is 1. The number of imidazole rings is 1. The highest BCUT2D eigenvalue weighted by molar-refractivity contribution is 6.03. The van der Waals surface area contributed by atoms with Gasteiger partial charge in [-0.2, -0.15) is 5.10 Å². The Balaban J connectivity index is 1.60. The van der Waals surface area contributed by atoms with E-state index in [9.17, 15) is 9.90 Å². The Morgan fingerprint density at radius 3 is 2.90 bits per heavy atom. The number of carbonyl (C=O) groups is 1. The minimum absolute atomic E-state index is 0.0649. The van der Waals surface area contributed by atoms with Crippen molar-refractivity contribution in [2.75, 3.05) is 11.9 Å². The summed E-state index contributed by atoms with van der Waals surface area (Å²) in [5.41, 5.74) is 9.00. The first-order valence-corrected chi connectivity index (χ1v) is 9.85. The van der Waals surface area contributed by atoms with E-state index in [-0.39, 0.29) is 11.3 Å². The first kappa shape index (κ1) is 18.1. The zero-order valence-corrected chi connectivity index (χ0v) is 16.5. The van der Waals surface area contributed by atoms with Crippen molar-refractivity contribution < 1.29 is 14.6 Å². The fourth-order valence-corrected chi connectivity index (χ4v) is 4.01. The molecule has 3 heterocycles. The van der Waals surface area contributed by atoms with Gasteiger partial charge in [0.25, 0.3) is 5.91 Å². The molecule has 1 atom stereocenters. The lowest BCUT2D eigenvalue weighted by atomic mass is 10.1. The molecule has 2 aliphatic rings. The molecule has 1 amide bonds.